The van der Waals surface area contributed by atoms with Gasteiger partial charge < -0.3 is 20.4 Å². The maximum Gasteiger partial charge on any atom is 0.317 e. The van der Waals surface area contributed by atoms with Crippen LogP contribution in [0.15, 0.2) is 47.5 Å². The first-order chi connectivity index (χ1) is 17.7. The maximum atomic E-state index is 11.7. The summed E-state index contributed by atoms with van der Waals surface area (Å²) in [4.78, 5) is 37.2. The first kappa shape index (κ1) is 28.5. The predicted octanol–water partition coefficient (Wildman–Crippen LogP) is 0.827. The Labute approximate surface area is 220 Å². The lowest BCUT2D eigenvalue weighted by Gasteiger charge is -2.37. The van der Waals surface area contributed by atoms with Gasteiger partial charge >= 0.3 is 11.9 Å². The molecule has 0 amide bonds. The third-order valence-electron chi connectivity index (χ3n) is 6.03. The zero-order chi connectivity index (χ0) is 26.8. The van der Waals surface area contributed by atoms with Gasteiger partial charge in [0.15, 0.2) is 6.29 Å². The Balaban J connectivity index is 1.98. The van der Waals surface area contributed by atoms with E-state index in [9.17, 15) is 30.0 Å². The summed E-state index contributed by atoms with van der Waals surface area (Å²) in [5.74, 6) is -1.98. The summed E-state index contributed by atoms with van der Waals surface area (Å²) < 4.78 is 0. The van der Waals surface area contributed by atoms with E-state index in [2.05, 4.69) is 27.4 Å². The van der Waals surface area contributed by atoms with Crippen LogP contribution in [0.2, 0.25) is 0 Å². The first-order valence-corrected chi connectivity index (χ1v) is 12.2. The van der Waals surface area contributed by atoms with E-state index in [0.29, 0.717) is 56.2 Å². The highest BCUT2D eigenvalue weighted by Crippen LogP contribution is 2.19. The van der Waals surface area contributed by atoms with Crippen molar-refractivity contribution in [3.8, 4) is 0 Å². The number of isothiocyanates is 1. The molecule has 1 aliphatic rings. The van der Waals surface area contributed by atoms with Crippen LogP contribution in [0.25, 0.3) is 0 Å². The highest BCUT2D eigenvalue weighted by Gasteiger charge is 2.26. The van der Waals surface area contributed by atoms with E-state index in [0.717, 1.165) is 5.56 Å². The molecule has 2 bridgehead atoms. The van der Waals surface area contributed by atoms with Crippen molar-refractivity contribution < 1.29 is 30.0 Å². The van der Waals surface area contributed by atoms with Crippen molar-refractivity contribution >= 4 is 35.0 Å². The Bertz CT molecular complexity index is 1110. The quantitative estimate of drug-likeness (QED) is 0.208. The number of thiocarbonyl (C=S) groups is 1. The molecule has 1 aromatic carbocycles. The Morgan fingerprint density at radius 2 is 1.62 bits per heavy atom. The van der Waals surface area contributed by atoms with Gasteiger partial charge in [-0.3, -0.25) is 29.3 Å². The normalized spacial score (nSPS) is 18.0. The number of aliphatic hydroxyl groups is 2. The number of hydrogen-bond donors (Lipinski definition) is 4. The standard InChI is InChI=1S/C25H31N5O6S/c31-23(32)14-28-8-9-29(15-24(33)34)13-22(10-18-4-6-19(7-5-18)26-17-37)30(16-25(35)36)12-21-3-1-2-20(11-28)27-21/h1-7,22,25,35-36H,8-16H2,(H,31,32)(H,33,34). The summed E-state index contributed by atoms with van der Waals surface area (Å²) in [5.41, 5.74) is 2.98. The molecule has 0 radical (unpaired) electrons. The molecule has 0 spiro atoms. The molecule has 0 fully saturated rings. The number of pyridine rings is 1. The highest BCUT2D eigenvalue weighted by molar-refractivity contribution is 7.78. The van der Waals surface area contributed by atoms with E-state index in [-0.39, 0.29) is 25.7 Å². The second-order valence-corrected chi connectivity index (χ2v) is 9.17. The lowest BCUT2D eigenvalue weighted by atomic mass is 10.0. The molecule has 12 heteroatoms. The summed E-state index contributed by atoms with van der Waals surface area (Å²) in [5, 5.41) is 41.0. The second-order valence-electron chi connectivity index (χ2n) is 8.99. The van der Waals surface area contributed by atoms with Crippen LogP contribution < -0.4 is 0 Å². The Kier molecular flexibility index (Phi) is 10.8. The van der Waals surface area contributed by atoms with Gasteiger partial charge in [0, 0.05) is 45.3 Å². The van der Waals surface area contributed by atoms with Gasteiger partial charge in [0.05, 0.1) is 35.3 Å². The fourth-order valence-corrected chi connectivity index (χ4v) is 4.55. The van der Waals surface area contributed by atoms with Crippen LogP contribution in [0.5, 0.6) is 0 Å². The maximum absolute atomic E-state index is 11.7. The predicted molar refractivity (Wildman–Crippen MR) is 138 cm³/mol. The number of rotatable bonds is 9. The Morgan fingerprint density at radius 1 is 1.00 bits per heavy atom. The Hall–Kier alpha value is -3.09. The number of benzene rings is 1. The fraction of sp³-hybridized carbons (Fsp3) is 0.440. The third kappa shape index (κ3) is 9.71. The van der Waals surface area contributed by atoms with Crippen LogP contribution in [0, 0.1) is 0 Å². The van der Waals surface area contributed by atoms with Gasteiger partial charge in [0.1, 0.15) is 0 Å². The molecule has 2 heterocycles. The molecule has 2 aromatic rings. The number of nitrogens with zero attached hydrogens (tertiary/aromatic N) is 5. The number of carboxylic acids is 2. The summed E-state index contributed by atoms with van der Waals surface area (Å²) in [6, 6.07) is 12.6. The molecule has 4 N–H and O–H groups in total. The number of aliphatic imine (C=N–C) groups is 1. The van der Waals surface area contributed by atoms with Crippen LogP contribution >= 0.6 is 12.2 Å². The van der Waals surface area contributed by atoms with Crippen molar-refractivity contribution in [2.45, 2.75) is 31.8 Å². The number of aliphatic hydroxyl groups excluding tert-OH is 1. The van der Waals surface area contributed by atoms with Crippen LogP contribution in [0.4, 0.5) is 5.69 Å². The minimum Gasteiger partial charge on any atom is -0.480 e. The van der Waals surface area contributed by atoms with E-state index >= 15 is 0 Å². The van der Waals surface area contributed by atoms with Gasteiger partial charge in [-0.1, -0.05) is 18.2 Å². The van der Waals surface area contributed by atoms with E-state index in [1.165, 1.54) is 0 Å². The minimum absolute atomic E-state index is 0.0596. The topological polar surface area (TPSA) is 150 Å². The molecule has 1 aliphatic heterocycles. The number of hydrogen-bond acceptors (Lipinski definition) is 10. The van der Waals surface area contributed by atoms with Gasteiger partial charge in [0.25, 0.3) is 0 Å². The van der Waals surface area contributed by atoms with Crippen molar-refractivity contribution in [2.24, 2.45) is 4.99 Å². The molecule has 1 atom stereocenters. The van der Waals surface area contributed by atoms with E-state index in [1.54, 1.807) is 21.9 Å². The van der Waals surface area contributed by atoms with E-state index in [1.807, 2.05) is 35.2 Å². The number of fused-ring (bicyclic) bond motifs is 2. The molecular weight excluding hydrogens is 498 g/mol. The van der Waals surface area contributed by atoms with Gasteiger partial charge in [-0.15, -0.1) is 0 Å². The third-order valence-corrected chi connectivity index (χ3v) is 6.12. The lowest BCUT2D eigenvalue weighted by Crippen LogP contribution is -2.50. The number of β-amino-alcohol motifs (C(OH)–C–C–N with tert-alkyl or cyclic N) is 2. The molecule has 1 aromatic heterocycles. The minimum atomic E-state index is -1.60. The van der Waals surface area contributed by atoms with Crippen molar-refractivity contribution in [3.63, 3.8) is 0 Å². The molecule has 11 nitrogen and oxygen atoms in total. The monoisotopic (exact) mass is 529 g/mol. The Morgan fingerprint density at radius 3 is 2.24 bits per heavy atom. The van der Waals surface area contributed by atoms with Crippen LogP contribution in [0.1, 0.15) is 17.0 Å². The van der Waals surface area contributed by atoms with Crippen molar-refractivity contribution in [3.05, 3.63) is 59.4 Å². The number of aliphatic carboxylic acids is 2. The smallest absolute Gasteiger partial charge is 0.317 e. The van der Waals surface area contributed by atoms with Gasteiger partial charge in [-0.2, -0.15) is 4.99 Å². The highest BCUT2D eigenvalue weighted by atomic mass is 32.1. The number of aromatic nitrogens is 1. The summed E-state index contributed by atoms with van der Waals surface area (Å²) >= 11 is 4.66. The van der Waals surface area contributed by atoms with Crippen molar-refractivity contribution in [1.82, 2.24) is 19.7 Å². The zero-order valence-corrected chi connectivity index (χ0v) is 21.1. The zero-order valence-electron chi connectivity index (χ0n) is 20.3. The van der Waals surface area contributed by atoms with E-state index < -0.39 is 18.2 Å². The molecule has 3 rings (SSSR count). The van der Waals surface area contributed by atoms with Crippen molar-refractivity contribution in [2.75, 3.05) is 39.3 Å². The van der Waals surface area contributed by atoms with Crippen molar-refractivity contribution in [1.29, 1.82) is 0 Å². The molecule has 0 aliphatic carbocycles. The fourth-order valence-electron chi connectivity index (χ4n) is 4.45. The molecule has 0 saturated carbocycles. The largest absolute Gasteiger partial charge is 0.480 e. The lowest BCUT2D eigenvalue weighted by molar-refractivity contribution is -0.140. The SMILES string of the molecule is O=C(O)CN1CCN(CC(=O)O)CC(Cc2ccc(N=C=S)cc2)N(CC(O)O)Cc2cccc(n2)C1. The van der Waals surface area contributed by atoms with E-state index in [4.69, 9.17) is 0 Å². The second kappa shape index (κ2) is 14.0. The van der Waals surface area contributed by atoms with Crippen LogP contribution in [0.3, 0.4) is 0 Å². The molecule has 37 heavy (non-hydrogen) atoms. The van der Waals surface area contributed by atoms with Gasteiger partial charge in [-0.05, 0) is 48.5 Å². The average Bonchev–Trinajstić information content (AvgIpc) is 2.81. The number of carbonyl (C=O) groups is 2. The van der Waals surface area contributed by atoms with Crippen LogP contribution in [-0.2, 0) is 29.1 Å². The summed E-state index contributed by atoms with van der Waals surface area (Å²) in [6.45, 7) is 1.04. The first-order valence-electron chi connectivity index (χ1n) is 11.8. The van der Waals surface area contributed by atoms with Gasteiger partial charge in [-0.25, -0.2) is 0 Å². The average molecular weight is 530 g/mol. The molecule has 0 saturated heterocycles. The molecule has 1 unspecified atom stereocenters. The molecule has 198 valence electrons. The molecular formula is C25H31N5O6S. The number of carboxylic acid groups (broad SMARTS) is 2. The summed E-state index contributed by atoms with van der Waals surface area (Å²) in [7, 11) is 0. The summed E-state index contributed by atoms with van der Waals surface area (Å²) in [6.07, 6.45) is -1.11. The van der Waals surface area contributed by atoms with Gasteiger partial charge in [0.2, 0.25) is 0 Å². The van der Waals surface area contributed by atoms with Crippen LogP contribution in [-0.4, -0.2) is 109 Å².